The summed E-state index contributed by atoms with van der Waals surface area (Å²) < 4.78 is 5.17. The molecule has 4 heterocycles. The van der Waals surface area contributed by atoms with E-state index < -0.39 is 0 Å². The number of H-pyrrole nitrogens is 1. The first kappa shape index (κ1) is 18.4. The van der Waals surface area contributed by atoms with E-state index in [0.29, 0.717) is 31.2 Å². The molecule has 1 saturated heterocycles. The molecule has 0 spiro atoms. The van der Waals surface area contributed by atoms with Gasteiger partial charge >= 0.3 is 0 Å². The summed E-state index contributed by atoms with van der Waals surface area (Å²) in [5.74, 6) is 2.13. The highest BCUT2D eigenvalue weighted by Crippen LogP contribution is 2.21. The SMILES string of the molecule is CCc1nc(-c2ccc(N3CCN(C(=O)c4ccc5[nH]ccc5c4)CC3)nc2)no1. The van der Waals surface area contributed by atoms with E-state index in [1.807, 2.05) is 54.4 Å². The molecule has 152 valence electrons. The summed E-state index contributed by atoms with van der Waals surface area (Å²) in [5, 5.41) is 5.04. The van der Waals surface area contributed by atoms with Gasteiger partial charge in [-0.1, -0.05) is 12.1 Å². The van der Waals surface area contributed by atoms with Crippen LogP contribution in [0.25, 0.3) is 22.3 Å². The Morgan fingerprint density at radius 1 is 1.13 bits per heavy atom. The molecule has 0 aliphatic carbocycles. The molecular formula is C22H22N6O2. The Labute approximate surface area is 173 Å². The summed E-state index contributed by atoms with van der Waals surface area (Å²) >= 11 is 0. The summed E-state index contributed by atoms with van der Waals surface area (Å²) in [6.45, 7) is 4.79. The predicted molar refractivity (Wildman–Crippen MR) is 113 cm³/mol. The van der Waals surface area contributed by atoms with Crippen molar-refractivity contribution in [1.29, 1.82) is 0 Å². The third-order valence-corrected chi connectivity index (χ3v) is 5.47. The fraction of sp³-hybridized carbons (Fsp3) is 0.273. The van der Waals surface area contributed by atoms with Gasteiger partial charge in [0.15, 0.2) is 0 Å². The van der Waals surface area contributed by atoms with Gasteiger partial charge in [0, 0.05) is 67.0 Å². The first-order valence-corrected chi connectivity index (χ1v) is 10.1. The maximum Gasteiger partial charge on any atom is 0.253 e. The van der Waals surface area contributed by atoms with Gasteiger partial charge in [-0.05, 0) is 36.4 Å². The molecule has 1 fully saturated rings. The topological polar surface area (TPSA) is 91.2 Å². The highest BCUT2D eigenvalue weighted by Gasteiger charge is 2.23. The Balaban J connectivity index is 1.23. The van der Waals surface area contributed by atoms with E-state index in [1.54, 1.807) is 6.20 Å². The van der Waals surface area contributed by atoms with Crippen molar-refractivity contribution in [1.82, 2.24) is 25.0 Å². The Bertz CT molecular complexity index is 1170. The Hall–Kier alpha value is -3.68. The van der Waals surface area contributed by atoms with Crippen LogP contribution in [0.3, 0.4) is 0 Å². The van der Waals surface area contributed by atoms with Crippen molar-refractivity contribution in [3.63, 3.8) is 0 Å². The molecule has 8 nitrogen and oxygen atoms in total. The van der Waals surface area contributed by atoms with Crippen LogP contribution >= 0.6 is 0 Å². The molecule has 1 amide bonds. The zero-order valence-electron chi connectivity index (χ0n) is 16.7. The fourth-order valence-electron chi connectivity index (χ4n) is 3.73. The molecule has 0 unspecified atom stereocenters. The van der Waals surface area contributed by atoms with Gasteiger partial charge in [-0.3, -0.25) is 4.79 Å². The standard InChI is InChI=1S/C22H22N6O2/c1-2-20-25-21(26-30-20)17-4-6-19(24-14-17)27-9-11-28(12-10-27)22(29)16-3-5-18-15(13-16)7-8-23-18/h3-8,13-14,23H,2,9-12H2,1H3. The number of amides is 1. The van der Waals surface area contributed by atoms with Crippen LogP contribution in [0.1, 0.15) is 23.2 Å². The molecule has 4 aromatic rings. The van der Waals surface area contributed by atoms with E-state index >= 15 is 0 Å². The number of aryl methyl sites for hydroxylation is 1. The zero-order valence-corrected chi connectivity index (χ0v) is 16.7. The number of rotatable bonds is 4. The highest BCUT2D eigenvalue weighted by molar-refractivity contribution is 5.98. The van der Waals surface area contributed by atoms with Crippen molar-refractivity contribution >= 4 is 22.6 Å². The average molecular weight is 402 g/mol. The molecule has 1 N–H and O–H groups in total. The summed E-state index contributed by atoms with van der Waals surface area (Å²) in [4.78, 5) is 29.1. The third kappa shape index (κ3) is 3.41. The van der Waals surface area contributed by atoms with Gasteiger partial charge in [0.1, 0.15) is 5.82 Å². The van der Waals surface area contributed by atoms with E-state index in [2.05, 4.69) is 25.0 Å². The second-order valence-electron chi connectivity index (χ2n) is 7.33. The summed E-state index contributed by atoms with van der Waals surface area (Å²) in [5.41, 5.74) is 2.60. The number of carbonyl (C=O) groups excluding carboxylic acids is 1. The maximum absolute atomic E-state index is 12.9. The molecule has 3 aromatic heterocycles. The molecule has 8 heteroatoms. The number of hydrogen-bond donors (Lipinski definition) is 1. The lowest BCUT2D eigenvalue weighted by Gasteiger charge is -2.35. The summed E-state index contributed by atoms with van der Waals surface area (Å²) in [7, 11) is 0. The van der Waals surface area contributed by atoms with Crippen LogP contribution < -0.4 is 4.90 Å². The average Bonchev–Trinajstić information content (AvgIpc) is 3.48. The van der Waals surface area contributed by atoms with Gasteiger partial charge in [0.25, 0.3) is 5.91 Å². The fourth-order valence-corrected chi connectivity index (χ4v) is 3.73. The zero-order chi connectivity index (χ0) is 20.5. The van der Waals surface area contributed by atoms with Crippen LogP contribution in [0.5, 0.6) is 0 Å². The van der Waals surface area contributed by atoms with Crippen molar-refractivity contribution in [2.75, 3.05) is 31.1 Å². The molecule has 1 aliphatic rings. The molecule has 1 aromatic carbocycles. The quantitative estimate of drug-likeness (QED) is 0.564. The number of anilines is 1. The smallest absolute Gasteiger partial charge is 0.253 e. The number of nitrogens with one attached hydrogen (secondary N) is 1. The van der Waals surface area contributed by atoms with E-state index in [0.717, 1.165) is 40.9 Å². The number of nitrogens with zero attached hydrogens (tertiary/aromatic N) is 5. The van der Waals surface area contributed by atoms with Crippen LogP contribution in [0.15, 0.2) is 53.3 Å². The van der Waals surface area contributed by atoms with Gasteiger partial charge in [0.05, 0.1) is 0 Å². The number of fused-ring (bicyclic) bond motifs is 1. The highest BCUT2D eigenvalue weighted by atomic mass is 16.5. The van der Waals surface area contributed by atoms with E-state index in [-0.39, 0.29) is 5.91 Å². The number of aromatic nitrogens is 4. The number of benzene rings is 1. The first-order chi connectivity index (χ1) is 14.7. The number of hydrogen-bond acceptors (Lipinski definition) is 6. The Morgan fingerprint density at radius 3 is 2.73 bits per heavy atom. The van der Waals surface area contributed by atoms with Crippen LogP contribution in [0, 0.1) is 0 Å². The predicted octanol–water partition coefficient (Wildman–Crippen LogP) is 3.14. The molecule has 5 rings (SSSR count). The minimum atomic E-state index is 0.0740. The van der Waals surface area contributed by atoms with Gasteiger partial charge < -0.3 is 19.3 Å². The van der Waals surface area contributed by atoms with Gasteiger partial charge in [-0.2, -0.15) is 4.98 Å². The molecular weight excluding hydrogens is 380 g/mol. The molecule has 30 heavy (non-hydrogen) atoms. The molecule has 1 aliphatic heterocycles. The first-order valence-electron chi connectivity index (χ1n) is 10.1. The van der Waals surface area contributed by atoms with Crippen LogP contribution in [0.2, 0.25) is 0 Å². The molecule has 0 bridgehead atoms. The lowest BCUT2D eigenvalue weighted by molar-refractivity contribution is 0.0746. The summed E-state index contributed by atoms with van der Waals surface area (Å²) in [6, 6.07) is 11.7. The number of carbonyl (C=O) groups is 1. The Morgan fingerprint density at radius 2 is 2.00 bits per heavy atom. The minimum absolute atomic E-state index is 0.0740. The second-order valence-corrected chi connectivity index (χ2v) is 7.33. The normalized spacial score (nSPS) is 14.4. The van der Waals surface area contributed by atoms with Crippen LogP contribution in [0.4, 0.5) is 5.82 Å². The maximum atomic E-state index is 12.9. The molecule has 0 radical (unpaired) electrons. The second kappa shape index (κ2) is 7.62. The lowest BCUT2D eigenvalue weighted by Crippen LogP contribution is -2.49. The third-order valence-electron chi connectivity index (χ3n) is 5.47. The molecule has 0 atom stereocenters. The van der Waals surface area contributed by atoms with Crippen LogP contribution in [-0.4, -0.2) is 57.1 Å². The van der Waals surface area contributed by atoms with Gasteiger partial charge in [0.2, 0.25) is 11.7 Å². The van der Waals surface area contributed by atoms with Crippen molar-refractivity contribution < 1.29 is 9.32 Å². The lowest BCUT2D eigenvalue weighted by atomic mass is 10.1. The minimum Gasteiger partial charge on any atom is -0.361 e. The van der Waals surface area contributed by atoms with Gasteiger partial charge in [-0.15, -0.1) is 0 Å². The largest absolute Gasteiger partial charge is 0.361 e. The molecule has 0 saturated carbocycles. The van der Waals surface area contributed by atoms with E-state index in [1.165, 1.54) is 0 Å². The summed E-state index contributed by atoms with van der Waals surface area (Å²) in [6.07, 6.45) is 4.36. The van der Waals surface area contributed by atoms with Crippen LogP contribution in [-0.2, 0) is 6.42 Å². The van der Waals surface area contributed by atoms with Crippen molar-refractivity contribution in [2.45, 2.75) is 13.3 Å². The van der Waals surface area contributed by atoms with E-state index in [9.17, 15) is 4.79 Å². The van der Waals surface area contributed by atoms with Crippen molar-refractivity contribution in [3.8, 4) is 11.4 Å². The van der Waals surface area contributed by atoms with Crippen molar-refractivity contribution in [2.24, 2.45) is 0 Å². The number of aromatic amines is 1. The monoisotopic (exact) mass is 402 g/mol. The number of pyridine rings is 1. The van der Waals surface area contributed by atoms with Gasteiger partial charge in [-0.25, -0.2) is 4.98 Å². The van der Waals surface area contributed by atoms with E-state index in [4.69, 9.17) is 4.52 Å². The number of piperazine rings is 1. The van der Waals surface area contributed by atoms with Crippen molar-refractivity contribution in [3.05, 3.63) is 60.2 Å². The Kier molecular flexibility index (Phi) is 4.66.